The smallest absolute Gasteiger partial charge is 0.258 e. The highest BCUT2D eigenvalue weighted by Gasteiger charge is 2.20. The molecule has 0 bridgehead atoms. The minimum Gasteiger partial charge on any atom is -0.381 e. The Hall–Kier alpha value is -3.13. The van der Waals surface area contributed by atoms with E-state index in [9.17, 15) is 0 Å². The molecule has 1 aromatic carbocycles. The monoisotopic (exact) mass is 362 g/mol. The lowest BCUT2D eigenvalue weighted by molar-refractivity contribution is 0.0669. The van der Waals surface area contributed by atoms with E-state index in [0.29, 0.717) is 17.8 Å². The fourth-order valence-electron chi connectivity index (χ4n) is 3.42. The second-order valence-electron chi connectivity index (χ2n) is 6.69. The SMILES string of the molecule is Cc1ccncc1-c1noc(-c2ccc3c(c2)nnn3C2CCOCC2)n1. The van der Waals surface area contributed by atoms with Crippen LogP contribution in [0, 0.1) is 6.92 Å². The van der Waals surface area contributed by atoms with E-state index in [4.69, 9.17) is 9.26 Å². The molecule has 0 spiro atoms. The van der Waals surface area contributed by atoms with Crippen LogP contribution >= 0.6 is 0 Å². The average molecular weight is 362 g/mol. The maximum absolute atomic E-state index is 5.47. The number of rotatable bonds is 3. The van der Waals surface area contributed by atoms with E-state index >= 15 is 0 Å². The van der Waals surface area contributed by atoms with Crippen molar-refractivity contribution >= 4 is 11.0 Å². The lowest BCUT2D eigenvalue weighted by Gasteiger charge is -2.22. The van der Waals surface area contributed by atoms with Gasteiger partial charge in [-0.1, -0.05) is 10.4 Å². The van der Waals surface area contributed by atoms with Crippen molar-refractivity contribution in [3.63, 3.8) is 0 Å². The lowest BCUT2D eigenvalue weighted by Crippen LogP contribution is -2.20. The molecule has 0 unspecified atom stereocenters. The van der Waals surface area contributed by atoms with Gasteiger partial charge in [-0.2, -0.15) is 4.98 Å². The highest BCUT2D eigenvalue weighted by atomic mass is 16.5. The molecule has 8 nitrogen and oxygen atoms in total. The second-order valence-corrected chi connectivity index (χ2v) is 6.69. The Balaban J connectivity index is 1.48. The summed E-state index contributed by atoms with van der Waals surface area (Å²) in [5, 5.41) is 12.8. The predicted molar refractivity (Wildman–Crippen MR) is 97.9 cm³/mol. The van der Waals surface area contributed by atoms with Gasteiger partial charge in [0, 0.05) is 36.7 Å². The first-order valence-electron chi connectivity index (χ1n) is 8.97. The van der Waals surface area contributed by atoms with Crippen LogP contribution in [-0.2, 0) is 4.74 Å². The maximum atomic E-state index is 5.47. The number of nitrogens with zero attached hydrogens (tertiary/aromatic N) is 6. The van der Waals surface area contributed by atoms with E-state index in [0.717, 1.165) is 53.8 Å². The summed E-state index contributed by atoms with van der Waals surface area (Å²) in [7, 11) is 0. The molecule has 136 valence electrons. The molecule has 0 atom stereocenters. The van der Waals surface area contributed by atoms with E-state index in [-0.39, 0.29) is 0 Å². The molecule has 0 radical (unpaired) electrons. The number of hydrogen-bond acceptors (Lipinski definition) is 7. The van der Waals surface area contributed by atoms with Gasteiger partial charge in [0.1, 0.15) is 5.52 Å². The van der Waals surface area contributed by atoms with Gasteiger partial charge in [0.05, 0.1) is 11.6 Å². The molecule has 1 aliphatic heterocycles. The van der Waals surface area contributed by atoms with Crippen molar-refractivity contribution < 1.29 is 9.26 Å². The van der Waals surface area contributed by atoms with Crippen LogP contribution < -0.4 is 0 Å². The topological polar surface area (TPSA) is 91.8 Å². The van der Waals surface area contributed by atoms with E-state index in [1.54, 1.807) is 12.4 Å². The third-order valence-electron chi connectivity index (χ3n) is 4.96. The molecule has 8 heteroatoms. The third-order valence-corrected chi connectivity index (χ3v) is 4.96. The Morgan fingerprint density at radius 3 is 2.89 bits per heavy atom. The molecule has 4 aromatic rings. The molecule has 0 saturated carbocycles. The van der Waals surface area contributed by atoms with Gasteiger partial charge in [-0.15, -0.1) is 5.10 Å². The molecule has 27 heavy (non-hydrogen) atoms. The molecule has 0 aliphatic carbocycles. The fraction of sp³-hybridized carbons (Fsp3) is 0.316. The molecule has 0 N–H and O–H groups in total. The van der Waals surface area contributed by atoms with Gasteiger partial charge < -0.3 is 9.26 Å². The summed E-state index contributed by atoms with van der Waals surface area (Å²) >= 11 is 0. The fourth-order valence-corrected chi connectivity index (χ4v) is 3.42. The molecule has 1 saturated heterocycles. The molecule has 3 aromatic heterocycles. The summed E-state index contributed by atoms with van der Waals surface area (Å²) in [6.45, 7) is 3.53. The first kappa shape index (κ1) is 16.1. The Labute approximate surface area is 155 Å². The third kappa shape index (κ3) is 2.87. The number of benzene rings is 1. The summed E-state index contributed by atoms with van der Waals surface area (Å²) in [4.78, 5) is 8.67. The van der Waals surface area contributed by atoms with Crippen molar-refractivity contribution in [3.05, 3.63) is 42.2 Å². The van der Waals surface area contributed by atoms with Crippen molar-refractivity contribution in [2.75, 3.05) is 13.2 Å². The molecular weight excluding hydrogens is 344 g/mol. The van der Waals surface area contributed by atoms with Crippen molar-refractivity contribution in [1.82, 2.24) is 30.1 Å². The zero-order valence-corrected chi connectivity index (χ0v) is 14.9. The highest BCUT2D eigenvalue weighted by Crippen LogP contribution is 2.28. The van der Waals surface area contributed by atoms with Crippen LogP contribution in [-0.4, -0.2) is 43.3 Å². The van der Waals surface area contributed by atoms with Gasteiger partial charge in [0.15, 0.2) is 0 Å². The standard InChI is InChI=1S/C19H18N6O2/c1-12-4-7-20-11-15(12)18-21-19(27-23-18)13-2-3-17-16(10-13)22-24-25(17)14-5-8-26-9-6-14/h2-4,7,10-11,14H,5-6,8-9H2,1H3. The van der Waals surface area contributed by atoms with Crippen LogP contribution in [0.1, 0.15) is 24.4 Å². The number of aromatic nitrogens is 6. The number of aryl methyl sites for hydroxylation is 1. The van der Waals surface area contributed by atoms with Crippen molar-refractivity contribution in [2.45, 2.75) is 25.8 Å². The van der Waals surface area contributed by atoms with Crippen molar-refractivity contribution in [3.8, 4) is 22.8 Å². The molecule has 1 aliphatic rings. The van der Waals surface area contributed by atoms with Gasteiger partial charge in [0.25, 0.3) is 5.89 Å². The Kier molecular flexibility index (Phi) is 3.90. The zero-order chi connectivity index (χ0) is 18.2. The summed E-state index contributed by atoms with van der Waals surface area (Å²) < 4.78 is 12.9. The largest absolute Gasteiger partial charge is 0.381 e. The summed E-state index contributed by atoms with van der Waals surface area (Å²) in [5.41, 5.74) is 4.55. The number of ether oxygens (including phenoxy) is 1. The zero-order valence-electron chi connectivity index (χ0n) is 14.9. The van der Waals surface area contributed by atoms with Crippen LogP contribution in [0.5, 0.6) is 0 Å². The quantitative estimate of drug-likeness (QED) is 0.552. The Bertz CT molecular complexity index is 1100. The van der Waals surface area contributed by atoms with Crippen LogP contribution in [0.25, 0.3) is 33.9 Å². The van der Waals surface area contributed by atoms with Crippen LogP contribution in [0.15, 0.2) is 41.2 Å². The van der Waals surface area contributed by atoms with Crippen molar-refractivity contribution in [2.24, 2.45) is 0 Å². The van der Waals surface area contributed by atoms with Gasteiger partial charge in [-0.25, -0.2) is 4.68 Å². The Morgan fingerprint density at radius 1 is 1.15 bits per heavy atom. The predicted octanol–water partition coefficient (Wildman–Crippen LogP) is 3.20. The summed E-state index contributed by atoms with van der Waals surface area (Å²) in [6, 6.07) is 8.17. The first-order chi connectivity index (χ1) is 13.3. The minimum atomic E-state index is 0.332. The number of hydrogen-bond donors (Lipinski definition) is 0. The number of pyridine rings is 1. The minimum absolute atomic E-state index is 0.332. The number of fused-ring (bicyclic) bond motifs is 1. The summed E-state index contributed by atoms with van der Waals surface area (Å²) in [6.07, 6.45) is 5.40. The van der Waals surface area contributed by atoms with E-state index < -0.39 is 0 Å². The maximum Gasteiger partial charge on any atom is 0.258 e. The van der Waals surface area contributed by atoms with Gasteiger partial charge in [-0.3, -0.25) is 4.98 Å². The lowest BCUT2D eigenvalue weighted by atomic mass is 10.1. The van der Waals surface area contributed by atoms with Crippen LogP contribution in [0.3, 0.4) is 0 Å². The second kappa shape index (κ2) is 6.55. The van der Waals surface area contributed by atoms with E-state index in [1.165, 1.54) is 0 Å². The summed E-state index contributed by atoms with van der Waals surface area (Å²) in [5.74, 6) is 0.984. The average Bonchev–Trinajstić information content (AvgIpc) is 3.36. The normalized spacial score (nSPS) is 15.4. The first-order valence-corrected chi connectivity index (χ1v) is 8.97. The molecular formula is C19H18N6O2. The van der Waals surface area contributed by atoms with E-state index in [2.05, 4.69) is 25.4 Å². The van der Waals surface area contributed by atoms with Gasteiger partial charge in [-0.05, 0) is 49.6 Å². The van der Waals surface area contributed by atoms with Crippen LogP contribution in [0.2, 0.25) is 0 Å². The molecule has 4 heterocycles. The highest BCUT2D eigenvalue weighted by molar-refractivity contribution is 5.80. The van der Waals surface area contributed by atoms with Gasteiger partial charge in [0.2, 0.25) is 5.82 Å². The van der Waals surface area contributed by atoms with E-state index in [1.807, 2.05) is 35.9 Å². The van der Waals surface area contributed by atoms with Crippen LogP contribution in [0.4, 0.5) is 0 Å². The van der Waals surface area contributed by atoms with Crippen molar-refractivity contribution in [1.29, 1.82) is 0 Å². The molecule has 5 rings (SSSR count). The Morgan fingerprint density at radius 2 is 2.04 bits per heavy atom. The molecule has 1 fully saturated rings. The van der Waals surface area contributed by atoms with Gasteiger partial charge >= 0.3 is 0 Å². The molecule has 0 amide bonds.